The van der Waals surface area contributed by atoms with E-state index in [0.717, 1.165) is 54.6 Å². The van der Waals surface area contributed by atoms with Crippen LogP contribution in [0.15, 0.2) is 42.5 Å². The van der Waals surface area contributed by atoms with Crippen LogP contribution in [0.3, 0.4) is 0 Å². The van der Waals surface area contributed by atoms with Gasteiger partial charge in [-0.3, -0.25) is 4.79 Å². The van der Waals surface area contributed by atoms with E-state index in [1.807, 2.05) is 36.4 Å². The summed E-state index contributed by atoms with van der Waals surface area (Å²) in [6, 6.07) is 13.5. The molecule has 1 fully saturated rings. The number of likely N-dealkylation sites (tertiary alicyclic amines) is 1. The molecule has 1 unspecified atom stereocenters. The number of hydrogen-bond acceptors (Lipinski definition) is 6. The van der Waals surface area contributed by atoms with Crippen LogP contribution in [0, 0.1) is 0 Å². The third-order valence-electron chi connectivity index (χ3n) is 6.04. The molecule has 4 rings (SSSR count). The van der Waals surface area contributed by atoms with E-state index in [-0.39, 0.29) is 11.9 Å². The molecule has 2 aromatic rings. The van der Waals surface area contributed by atoms with Crippen LogP contribution < -0.4 is 24.3 Å². The first-order chi connectivity index (χ1) is 16.2. The lowest BCUT2D eigenvalue weighted by atomic mass is 10.0. The van der Waals surface area contributed by atoms with Crippen molar-refractivity contribution in [2.24, 2.45) is 0 Å². The number of piperidine rings is 1. The molecule has 0 saturated carbocycles. The highest BCUT2D eigenvalue weighted by Crippen LogP contribution is 2.31. The van der Waals surface area contributed by atoms with E-state index in [0.29, 0.717) is 26.2 Å². The van der Waals surface area contributed by atoms with Crippen LogP contribution in [0.2, 0.25) is 0 Å². The zero-order valence-corrected chi connectivity index (χ0v) is 19.4. The van der Waals surface area contributed by atoms with E-state index in [1.165, 1.54) is 19.3 Å². The van der Waals surface area contributed by atoms with Crippen molar-refractivity contribution >= 4 is 5.91 Å². The fraction of sp³-hybridized carbons (Fsp3) is 0.500. The maximum absolute atomic E-state index is 12.7. The van der Waals surface area contributed by atoms with Gasteiger partial charge in [0.05, 0.1) is 20.1 Å². The Morgan fingerprint density at radius 3 is 2.48 bits per heavy atom. The molecule has 7 nitrogen and oxygen atoms in total. The number of hydrogen-bond donors (Lipinski definition) is 1. The maximum Gasteiger partial charge on any atom is 0.223 e. The third-order valence-corrected chi connectivity index (χ3v) is 6.04. The van der Waals surface area contributed by atoms with Gasteiger partial charge in [-0.05, 0) is 74.3 Å². The topological polar surface area (TPSA) is 69.3 Å². The van der Waals surface area contributed by atoms with Gasteiger partial charge in [-0.2, -0.15) is 0 Å². The Hall–Kier alpha value is -2.93. The quantitative estimate of drug-likeness (QED) is 0.593. The molecule has 1 amide bonds. The van der Waals surface area contributed by atoms with E-state index < -0.39 is 0 Å². The van der Waals surface area contributed by atoms with Crippen LogP contribution >= 0.6 is 0 Å². The number of nitrogens with one attached hydrogen (secondary N) is 1. The summed E-state index contributed by atoms with van der Waals surface area (Å²) in [7, 11) is 1.63. The number of benzene rings is 2. The van der Waals surface area contributed by atoms with Gasteiger partial charge in [0, 0.05) is 12.6 Å². The molecule has 0 bridgehead atoms. The zero-order valence-electron chi connectivity index (χ0n) is 19.4. The fourth-order valence-electron chi connectivity index (χ4n) is 4.35. The van der Waals surface area contributed by atoms with Gasteiger partial charge >= 0.3 is 0 Å². The summed E-state index contributed by atoms with van der Waals surface area (Å²) in [6.45, 7) is 4.51. The molecule has 33 heavy (non-hydrogen) atoms. The average Bonchev–Trinajstić information content (AvgIpc) is 2.85. The Kier molecular flexibility index (Phi) is 8.30. The molecule has 2 aliphatic heterocycles. The molecule has 0 spiro atoms. The second kappa shape index (κ2) is 11.8. The number of methoxy groups -OCH3 is 1. The lowest BCUT2D eigenvalue weighted by Crippen LogP contribution is -2.46. The van der Waals surface area contributed by atoms with Gasteiger partial charge in [0.25, 0.3) is 0 Å². The SMILES string of the molecule is COc1ccc(OCCC(=O)NC(Cc2ccc3c(c2)OCCO3)CN2CCCCC2)cc1. The molecular formula is C26H34N2O5. The lowest BCUT2D eigenvalue weighted by molar-refractivity contribution is -0.122. The number of fused-ring (bicyclic) bond motifs is 1. The molecule has 0 radical (unpaired) electrons. The smallest absolute Gasteiger partial charge is 0.223 e. The van der Waals surface area contributed by atoms with Crippen molar-refractivity contribution in [2.75, 3.05) is 46.6 Å². The molecule has 0 aliphatic carbocycles. The minimum absolute atomic E-state index is 0.00284. The van der Waals surface area contributed by atoms with Crippen molar-refractivity contribution < 1.29 is 23.7 Å². The van der Waals surface area contributed by atoms with Gasteiger partial charge in [-0.1, -0.05) is 12.5 Å². The number of ether oxygens (including phenoxy) is 4. The van der Waals surface area contributed by atoms with Crippen molar-refractivity contribution in [3.8, 4) is 23.0 Å². The summed E-state index contributed by atoms with van der Waals surface area (Å²) in [5.74, 6) is 3.08. The lowest BCUT2D eigenvalue weighted by Gasteiger charge is -2.31. The summed E-state index contributed by atoms with van der Waals surface area (Å²) < 4.78 is 22.3. The molecular weight excluding hydrogens is 420 g/mol. The molecule has 178 valence electrons. The van der Waals surface area contributed by atoms with Crippen molar-refractivity contribution in [1.29, 1.82) is 0 Å². The van der Waals surface area contributed by atoms with Crippen molar-refractivity contribution in [2.45, 2.75) is 38.1 Å². The molecule has 2 aromatic carbocycles. The number of carbonyl (C=O) groups is 1. The van der Waals surface area contributed by atoms with Crippen molar-refractivity contribution in [3.05, 3.63) is 48.0 Å². The predicted molar refractivity (Wildman–Crippen MR) is 126 cm³/mol. The summed E-state index contributed by atoms with van der Waals surface area (Å²) in [5, 5.41) is 3.24. The highest BCUT2D eigenvalue weighted by atomic mass is 16.6. The van der Waals surface area contributed by atoms with Gasteiger partial charge in [0.2, 0.25) is 5.91 Å². The van der Waals surface area contributed by atoms with Gasteiger partial charge < -0.3 is 29.2 Å². The minimum Gasteiger partial charge on any atom is -0.497 e. The Morgan fingerprint density at radius 1 is 1.00 bits per heavy atom. The van der Waals surface area contributed by atoms with Crippen LogP contribution in [0.25, 0.3) is 0 Å². The first kappa shape index (κ1) is 23.2. The van der Waals surface area contributed by atoms with E-state index in [4.69, 9.17) is 18.9 Å². The summed E-state index contributed by atoms with van der Waals surface area (Å²) in [5.41, 5.74) is 1.14. The standard InChI is InChI=1S/C26H34N2O5/c1-30-22-6-8-23(9-7-22)31-14-11-26(29)27-21(19-28-12-3-2-4-13-28)17-20-5-10-24-25(18-20)33-16-15-32-24/h5-10,18,21H,2-4,11-17,19H2,1H3,(H,27,29). The zero-order chi connectivity index (χ0) is 22.9. The molecule has 1 saturated heterocycles. The molecule has 1 N–H and O–H groups in total. The van der Waals surface area contributed by atoms with Crippen molar-refractivity contribution in [3.63, 3.8) is 0 Å². The predicted octanol–water partition coefficient (Wildman–Crippen LogP) is 3.45. The molecule has 7 heteroatoms. The van der Waals surface area contributed by atoms with Gasteiger partial charge in [0.1, 0.15) is 24.7 Å². The Labute approximate surface area is 196 Å². The van der Waals surface area contributed by atoms with E-state index >= 15 is 0 Å². The second-order valence-electron chi connectivity index (χ2n) is 8.58. The number of amides is 1. The number of rotatable bonds is 10. The fourth-order valence-corrected chi connectivity index (χ4v) is 4.35. The first-order valence-electron chi connectivity index (χ1n) is 11.9. The highest BCUT2D eigenvalue weighted by Gasteiger charge is 2.20. The number of carbonyl (C=O) groups excluding carboxylic acids is 1. The van der Waals surface area contributed by atoms with Gasteiger partial charge in [0.15, 0.2) is 11.5 Å². The minimum atomic E-state index is 0.00284. The molecule has 0 aromatic heterocycles. The van der Waals surface area contributed by atoms with Crippen LogP contribution in [0.4, 0.5) is 0 Å². The van der Waals surface area contributed by atoms with Crippen molar-refractivity contribution in [1.82, 2.24) is 10.2 Å². The first-order valence-corrected chi connectivity index (χ1v) is 11.9. The maximum atomic E-state index is 12.7. The third kappa shape index (κ3) is 7.02. The summed E-state index contributed by atoms with van der Waals surface area (Å²) in [6.07, 6.45) is 4.79. The Bertz CT molecular complexity index is 896. The average molecular weight is 455 g/mol. The number of nitrogens with zero attached hydrogens (tertiary/aromatic N) is 1. The van der Waals surface area contributed by atoms with E-state index in [9.17, 15) is 4.79 Å². The van der Waals surface area contributed by atoms with E-state index in [1.54, 1.807) is 7.11 Å². The second-order valence-corrected chi connectivity index (χ2v) is 8.58. The molecule has 2 aliphatic rings. The molecule has 1 atom stereocenters. The van der Waals surface area contributed by atoms with Gasteiger partial charge in [-0.15, -0.1) is 0 Å². The summed E-state index contributed by atoms with van der Waals surface area (Å²) in [4.78, 5) is 15.2. The monoisotopic (exact) mass is 454 g/mol. The summed E-state index contributed by atoms with van der Waals surface area (Å²) >= 11 is 0. The normalized spacial score (nSPS) is 16.6. The van der Waals surface area contributed by atoms with Gasteiger partial charge in [-0.25, -0.2) is 0 Å². The molecule has 2 heterocycles. The van der Waals surface area contributed by atoms with Crippen LogP contribution in [-0.4, -0.2) is 63.4 Å². The Balaban J connectivity index is 1.32. The van der Waals surface area contributed by atoms with Crippen LogP contribution in [0.1, 0.15) is 31.2 Å². The van der Waals surface area contributed by atoms with E-state index in [2.05, 4.69) is 16.3 Å². The largest absolute Gasteiger partial charge is 0.497 e. The Morgan fingerprint density at radius 2 is 1.73 bits per heavy atom. The van der Waals surface area contributed by atoms with Crippen LogP contribution in [0.5, 0.6) is 23.0 Å². The van der Waals surface area contributed by atoms with Crippen LogP contribution in [-0.2, 0) is 11.2 Å². The highest BCUT2D eigenvalue weighted by molar-refractivity contribution is 5.76.